The predicted molar refractivity (Wildman–Crippen MR) is 88.3 cm³/mol. The second-order valence-corrected chi connectivity index (χ2v) is 5.62. The van der Waals surface area contributed by atoms with E-state index in [9.17, 15) is 0 Å². The number of benzene rings is 1. The summed E-state index contributed by atoms with van der Waals surface area (Å²) in [6.07, 6.45) is 1.87. The van der Waals surface area contributed by atoms with E-state index in [1.165, 1.54) is 0 Å². The maximum Gasteiger partial charge on any atom is 0.254 e. The Morgan fingerprint density at radius 2 is 2.05 bits per heavy atom. The fourth-order valence-corrected chi connectivity index (χ4v) is 2.51. The first-order chi connectivity index (χ1) is 10.7. The fraction of sp³-hybridized carbons (Fsp3) is 0.312. The van der Waals surface area contributed by atoms with Crippen LogP contribution in [0.3, 0.4) is 0 Å². The van der Waals surface area contributed by atoms with Gasteiger partial charge in [-0.25, -0.2) is 4.98 Å². The highest BCUT2D eigenvalue weighted by molar-refractivity contribution is 6.31. The summed E-state index contributed by atoms with van der Waals surface area (Å²) in [5.41, 5.74) is 1.95. The van der Waals surface area contributed by atoms with Crippen LogP contribution >= 0.6 is 11.6 Å². The van der Waals surface area contributed by atoms with Crippen LogP contribution in [0.4, 0.5) is 5.82 Å². The number of aromatic nitrogens is 4. The second kappa shape index (κ2) is 6.32. The van der Waals surface area contributed by atoms with Gasteiger partial charge < -0.3 is 5.32 Å². The molecule has 1 N–H and O–H groups in total. The number of rotatable bonds is 5. The smallest absolute Gasteiger partial charge is 0.254 e. The van der Waals surface area contributed by atoms with Crippen LogP contribution in [0.5, 0.6) is 0 Å². The van der Waals surface area contributed by atoms with Gasteiger partial charge in [-0.15, -0.1) is 5.10 Å². The zero-order valence-corrected chi connectivity index (χ0v) is 13.4. The third-order valence-electron chi connectivity index (χ3n) is 3.38. The van der Waals surface area contributed by atoms with Gasteiger partial charge in [-0.3, -0.25) is 0 Å². The molecule has 0 saturated carbocycles. The maximum atomic E-state index is 6.20. The number of hydrogen-bond donors (Lipinski definition) is 1. The molecule has 3 aromatic rings. The van der Waals surface area contributed by atoms with Crippen LogP contribution in [0, 0.1) is 6.92 Å². The SMILES string of the molecule is CCCc1nc2nc(C)cc(NCc3ccccc3Cl)n2n1. The molecule has 6 heteroatoms. The average molecular weight is 316 g/mol. The van der Waals surface area contributed by atoms with Crippen LogP contribution in [0.2, 0.25) is 5.02 Å². The van der Waals surface area contributed by atoms with E-state index >= 15 is 0 Å². The van der Waals surface area contributed by atoms with Gasteiger partial charge in [-0.1, -0.05) is 36.7 Å². The molecule has 0 amide bonds. The topological polar surface area (TPSA) is 55.1 Å². The summed E-state index contributed by atoms with van der Waals surface area (Å²) in [6.45, 7) is 4.69. The van der Waals surface area contributed by atoms with E-state index in [0.717, 1.165) is 40.8 Å². The Bertz CT molecular complexity index is 796. The third kappa shape index (κ3) is 3.04. The van der Waals surface area contributed by atoms with Crippen LogP contribution in [0.15, 0.2) is 30.3 Å². The van der Waals surface area contributed by atoms with Gasteiger partial charge in [0.05, 0.1) is 0 Å². The number of nitrogens with one attached hydrogen (secondary N) is 1. The maximum absolute atomic E-state index is 6.20. The van der Waals surface area contributed by atoms with Crippen LogP contribution < -0.4 is 5.32 Å². The molecule has 0 spiro atoms. The third-order valence-corrected chi connectivity index (χ3v) is 3.74. The zero-order chi connectivity index (χ0) is 15.5. The van der Waals surface area contributed by atoms with Crippen molar-refractivity contribution in [3.8, 4) is 0 Å². The lowest BCUT2D eigenvalue weighted by atomic mass is 10.2. The van der Waals surface area contributed by atoms with Crippen molar-refractivity contribution in [2.75, 3.05) is 5.32 Å². The van der Waals surface area contributed by atoms with E-state index in [1.54, 1.807) is 4.52 Å². The number of anilines is 1. The average Bonchev–Trinajstić information content (AvgIpc) is 2.89. The Hall–Kier alpha value is -2.14. The molecule has 0 unspecified atom stereocenters. The molecule has 0 aliphatic heterocycles. The quantitative estimate of drug-likeness (QED) is 0.781. The number of aryl methyl sites for hydroxylation is 2. The van der Waals surface area contributed by atoms with Crippen molar-refractivity contribution < 1.29 is 0 Å². The highest BCUT2D eigenvalue weighted by Gasteiger charge is 2.09. The van der Waals surface area contributed by atoms with Gasteiger partial charge in [0.25, 0.3) is 5.78 Å². The highest BCUT2D eigenvalue weighted by Crippen LogP contribution is 2.18. The summed E-state index contributed by atoms with van der Waals surface area (Å²) >= 11 is 6.20. The number of nitrogens with zero attached hydrogens (tertiary/aromatic N) is 4. The van der Waals surface area contributed by atoms with Crippen LogP contribution in [0.1, 0.15) is 30.4 Å². The first kappa shape index (κ1) is 14.8. The normalized spacial score (nSPS) is 11.0. The van der Waals surface area contributed by atoms with Crippen LogP contribution in [0.25, 0.3) is 5.78 Å². The fourth-order valence-electron chi connectivity index (χ4n) is 2.31. The molecule has 3 rings (SSSR count). The Balaban J connectivity index is 1.90. The highest BCUT2D eigenvalue weighted by atomic mass is 35.5. The molecule has 0 atom stereocenters. The summed E-state index contributed by atoms with van der Waals surface area (Å²) < 4.78 is 1.76. The minimum atomic E-state index is 0.626. The van der Waals surface area contributed by atoms with E-state index < -0.39 is 0 Å². The molecule has 0 aliphatic rings. The molecule has 22 heavy (non-hydrogen) atoms. The lowest BCUT2D eigenvalue weighted by Crippen LogP contribution is -2.07. The van der Waals surface area contributed by atoms with E-state index in [4.69, 9.17) is 11.6 Å². The molecule has 2 heterocycles. The molecular formula is C16H18ClN5. The van der Waals surface area contributed by atoms with Gasteiger partial charge in [0.2, 0.25) is 0 Å². The van der Waals surface area contributed by atoms with Crippen molar-refractivity contribution in [3.63, 3.8) is 0 Å². The van der Waals surface area contributed by atoms with Gasteiger partial charge >= 0.3 is 0 Å². The largest absolute Gasteiger partial charge is 0.366 e. The summed E-state index contributed by atoms with van der Waals surface area (Å²) in [5, 5.41) is 8.65. The van der Waals surface area contributed by atoms with E-state index in [0.29, 0.717) is 12.3 Å². The Labute approximate surface area is 134 Å². The van der Waals surface area contributed by atoms with Crippen molar-refractivity contribution >= 4 is 23.2 Å². The molecular weight excluding hydrogens is 298 g/mol. The van der Waals surface area contributed by atoms with Crippen molar-refractivity contribution in [3.05, 3.63) is 52.4 Å². The molecule has 1 aromatic carbocycles. The lowest BCUT2D eigenvalue weighted by Gasteiger charge is -2.09. The van der Waals surface area contributed by atoms with Crippen LogP contribution in [-0.4, -0.2) is 19.6 Å². The summed E-state index contributed by atoms with van der Waals surface area (Å²) in [7, 11) is 0. The summed E-state index contributed by atoms with van der Waals surface area (Å²) in [5.74, 6) is 2.32. The first-order valence-corrected chi connectivity index (χ1v) is 7.75. The van der Waals surface area contributed by atoms with E-state index in [-0.39, 0.29) is 0 Å². The predicted octanol–water partition coefficient (Wildman–Crippen LogP) is 3.65. The molecule has 0 radical (unpaired) electrons. The van der Waals surface area contributed by atoms with Crippen LogP contribution in [-0.2, 0) is 13.0 Å². The number of hydrogen-bond acceptors (Lipinski definition) is 4. The first-order valence-electron chi connectivity index (χ1n) is 7.38. The minimum Gasteiger partial charge on any atom is -0.366 e. The zero-order valence-electron chi connectivity index (χ0n) is 12.7. The Morgan fingerprint density at radius 1 is 1.23 bits per heavy atom. The van der Waals surface area contributed by atoms with E-state index in [1.807, 2.05) is 37.3 Å². The number of halogens is 1. The van der Waals surface area contributed by atoms with Gasteiger partial charge in [0.15, 0.2) is 5.82 Å². The Morgan fingerprint density at radius 3 is 2.82 bits per heavy atom. The van der Waals surface area contributed by atoms with Crippen molar-refractivity contribution in [2.45, 2.75) is 33.2 Å². The minimum absolute atomic E-state index is 0.626. The molecule has 2 aromatic heterocycles. The van der Waals surface area contributed by atoms with Gasteiger partial charge in [-0.05, 0) is 25.0 Å². The molecule has 114 valence electrons. The Kier molecular flexibility index (Phi) is 4.24. The lowest BCUT2D eigenvalue weighted by molar-refractivity contribution is 0.816. The summed E-state index contributed by atoms with van der Waals surface area (Å²) in [6, 6.07) is 9.76. The van der Waals surface area contributed by atoms with Crippen molar-refractivity contribution in [1.82, 2.24) is 19.6 Å². The summed E-state index contributed by atoms with van der Waals surface area (Å²) in [4.78, 5) is 8.91. The second-order valence-electron chi connectivity index (χ2n) is 5.22. The monoisotopic (exact) mass is 315 g/mol. The molecule has 0 saturated heterocycles. The van der Waals surface area contributed by atoms with Crippen molar-refractivity contribution in [1.29, 1.82) is 0 Å². The van der Waals surface area contributed by atoms with Gasteiger partial charge in [0, 0.05) is 29.7 Å². The van der Waals surface area contributed by atoms with Gasteiger partial charge in [-0.2, -0.15) is 9.50 Å². The molecule has 5 nitrogen and oxygen atoms in total. The van der Waals surface area contributed by atoms with Crippen molar-refractivity contribution in [2.24, 2.45) is 0 Å². The number of fused-ring (bicyclic) bond motifs is 1. The van der Waals surface area contributed by atoms with Gasteiger partial charge in [0.1, 0.15) is 5.82 Å². The molecule has 0 bridgehead atoms. The standard InChI is InChI=1S/C16H18ClN5/c1-3-6-14-20-16-19-11(2)9-15(22(16)21-14)18-10-12-7-4-5-8-13(12)17/h4-5,7-9,18H,3,6,10H2,1-2H3. The van der Waals surface area contributed by atoms with E-state index in [2.05, 4.69) is 27.3 Å². The molecule has 0 fully saturated rings. The molecule has 0 aliphatic carbocycles.